The van der Waals surface area contributed by atoms with Crippen LogP contribution in [0.5, 0.6) is 0 Å². The van der Waals surface area contributed by atoms with Gasteiger partial charge in [0.25, 0.3) is 0 Å². The maximum atomic E-state index is 4.34. The third-order valence-corrected chi connectivity index (χ3v) is 3.51. The summed E-state index contributed by atoms with van der Waals surface area (Å²) in [5.41, 5.74) is 0. The lowest BCUT2D eigenvalue weighted by molar-refractivity contribution is 0.252. The minimum Gasteiger partial charge on any atom is -0.373 e. The third-order valence-electron chi connectivity index (χ3n) is 3.51. The van der Waals surface area contributed by atoms with Crippen molar-refractivity contribution in [2.24, 2.45) is 0 Å². The molecule has 94 valence electrons. The molecule has 0 unspecified atom stereocenters. The summed E-state index contributed by atoms with van der Waals surface area (Å²) < 4.78 is 0. The zero-order valence-corrected chi connectivity index (χ0v) is 10.8. The number of hydrogen-bond donors (Lipinski definition) is 1. The highest BCUT2D eigenvalue weighted by Crippen LogP contribution is 2.20. The van der Waals surface area contributed by atoms with Crippen molar-refractivity contribution in [3.63, 3.8) is 0 Å². The maximum Gasteiger partial charge on any atom is 0.134 e. The summed E-state index contributed by atoms with van der Waals surface area (Å²) in [4.78, 5) is 13.1. The van der Waals surface area contributed by atoms with Gasteiger partial charge in [0.05, 0.1) is 0 Å². The van der Waals surface area contributed by atoms with Gasteiger partial charge in [0.2, 0.25) is 0 Å². The van der Waals surface area contributed by atoms with Gasteiger partial charge in [0, 0.05) is 26.2 Å². The highest BCUT2D eigenvalue weighted by molar-refractivity contribution is 5.48. The molecule has 2 heterocycles. The smallest absolute Gasteiger partial charge is 0.134 e. The molecule has 2 rings (SSSR count). The lowest BCUT2D eigenvalue weighted by Crippen LogP contribution is -2.42. The van der Waals surface area contributed by atoms with Crippen LogP contribution in [0.25, 0.3) is 0 Å². The Morgan fingerprint density at radius 3 is 2.71 bits per heavy atom. The van der Waals surface area contributed by atoms with Gasteiger partial charge in [-0.2, -0.15) is 0 Å². The first kappa shape index (κ1) is 12.1. The molecule has 0 atom stereocenters. The molecule has 1 aliphatic heterocycles. The molecular formula is C12H21N5. The van der Waals surface area contributed by atoms with Crippen LogP contribution < -0.4 is 10.2 Å². The summed E-state index contributed by atoms with van der Waals surface area (Å²) in [6, 6.07) is 2.59. The Labute approximate surface area is 103 Å². The van der Waals surface area contributed by atoms with E-state index in [1.807, 2.05) is 13.1 Å². The van der Waals surface area contributed by atoms with E-state index < -0.39 is 0 Å². The van der Waals surface area contributed by atoms with Gasteiger partial charge >= 0.3 is 0 Å². The number of likely N-dealkylation sites (tertiary alicyclic amines) is 1. The predicted octanol–water partition coefficient (Wildman–Crippen LogP) is 1.05. The fourth-order valence-electron chi connectivity index (χ4n) is 2.25. The minimum absolute atomic E-state index is 0.589. The molecule has 5 heteroatoms. The van der Waals surface area contributed by atoms with Crippen molar-refractivity contribution in [2.45, 2.75) is 18.9 Å². The van der Waals surface area contributed by atoms with Crippen molar-refractivity contribution in [2.75, 3.05) is 44.4 Å². The molecule has 0 spiro atoms. The fourth-order valence-corrected chi connectivity index (χ4v) is 2.25. The Bertz CT molecular complexity index is 360. The molecule has 1 N–H and O–H groups in total. The average Bonchev–Trinajstić information content (AvgIpc) is 2.39. The van der Waals surface area contributed by atoms with Gasteiger partial charge in [-0.1, -0.05) is 0 Å². The minimum atomic E-state index is 0.589. The lowest BCUT2D eigenvalue weighted by atomic mass is 10.0. The summed E-state index contributed by atoms with van der Waals surface area (Å²) in [5.74, 6) is 1.87. The molecule has 17 heavy (non-hydrogen) atoms. The molecule has 1 saturated heterocycles. The van der Waals surface area contributed by atoms with E-state index in [1.54, 1.807) is 6.33 Å². The van der Waals surface area contributed by atoms with E-state index in [0.717, 1.165) is 11.6 Å². The largest absolute Gasteiger partial charge is 0.373 e. The first-order valence-electron chi connectivity index (χ1n) is 6.12. The predicted molar refractivity (Wildman–Crippen MR) is 70.5 cm³/mol. The van der Waals surface area contributed by atoms with E-state index in [4.69, 9.17) is 0 Å². The van der Waals surface area contributed by atoms with Crippen LogP contribution in [0, 0.1) is 0 Å². The first-order chi connectivity index (χ1) is 8.20. The van der Waals surface area contributed by atoms with Crippen LogP contribution >= 0.6 is 0 Å². The van der Waals surface area contributed by atoms with E-state index in [9.17, 15) is 0 Å². The number of rotatable bonds is 3. The van der Waals surface area contributed by atoms with Gasteiger partial charge in [-0.15, -0.1) is 0 Å². The topological polar surface area (TPSA) is 44.3 Å². The second-order valence-corrected chi connectivity index (χ2v) is 4.66. The van der Waals surface area contributed by atoms with Crippen molar-refractivity contribution in [3.8, 4) is 0 Å². The number of aromatic nitrogens is 2. The quantitative estimate of drug-likeness (QED) is 0.848. The maximum absolute atomic E-state index is 4.34. The van der Waals surface area contributed by atoms with Gasteiger partial charge in [-0.25, -0.2) is 9.97 Å². The number of anilines is 2. The zero-order valence-electron chi connectivity index (χ0n) is 10.8. The molecule has 0 bridgehead atoms. The monoisotopic (exact) mass is 235 g/mol. The van der Waals surface area contributed by atoms with Crippen LogP contribution in [-0.2, 0) is 0 Å². The second kappa shape index (κ2) is 5.31. The van der Waals surface area contributed by atoms with Crippen LogP contribution in [0.15, 0.2) is 12.4 Å². The third kappa shape index (κ3) is 2.85. The molecule has 1 aromatic heterocycles. The number of nitrogens with one attached hydrogen (secondary N) is 1. The summed E-state index contributed by atoms with van der Waals surface area (Å²) >= 11 is 0. The van der Waals surface area contributed by atoms with Crippen LogP contribution in [0.1, 0.15) is 12.8 Å². The molecule has 5 nitrogen and oxygen atoms in total. The van der Waals surface area contributed by atoms with E-state index in [1.165, 1.54) is 25.9 Å². The summed E-state index contributed by atoms with van der Waals surface area (Å²) in [7, 11) is 6.18. The van der Waals surface area contributed by atoms with Gasteiger partial charge in [0.1, 0.15) is 18.0 Å². The number of nitrogens with zero attached hydrogens (tertiary/aromatic N) is 4. The van der Waals surface area contributed by atoms with Crippen molar-refractivity contribution in [1.82, 2.24) is 14.9 Å². The van der Waals surface area contributed by atoms with Crippen molar-refractivity contribution in [1.29, 1.82) is 0 Å². The van der Waals surface area contributed by atoms with Gasteiger partial charge in [0.15, 0.2) is 0 Å². The van der Waals surface area contributed by atoms with Crippen molar-refractivity contribution in [3.05, 3.63) is 12.4 Å². The van der Waals surface area contributed by atoms with Crippen molar-refractivity contribution >= 4 is 11.6 Å². The molecule has 0 aromatic carbocycles. The summed E-state index contributed by atoms with van der Waals surface area (Å²) in [5, 5.41) is 3.05. The van der Waals surface area contributed by atoms with Crippen LogP contribution in [0.4, 0.5) is 11.6 Å². The Balaban J connectivity index is 2.05. The van der Waals surface area contributed by atoms with Gasteiger partial charge in [-0.05, 0) is 33.0 Å². The number of piperidine rings is 1. The molecule has 1 fully saturated rings. The van der Waals surface area contributed by atoms with E-state index in [2.05, 4.69) is 39.2 Å². The Morgan fingerprint density at radius 1 is 1.35 bits per heavy atom. The summed E-state index contributed by atoms with van der Waals surface area (Å²) in [6.07, 6.45) is 4.02. The standard InChI is InChI=1S/C12H21N5/c1-13-11-8-12(15-9-14-11)17(3)10-4-6-16(2)7-5-10/h8-10H,4-7H2,1-3H3,(H,13,14,15). The second-order valence-electron chi connectivity index (χ2n) is 4.66. The van der Waals surface area contributed by atoms with Crippen LogP contribution in [0.2, 0.25) is 0 Å². The molecule has 0 amide bonds. The number of hydrogen-bond acceptors (Lipinski definition) is 5. The highest BCUT2D eigenvalue weighted by Gasteiger charge is 2.21. The zero-order chi connectivity index (χ0) is 12.3. The van der Waals surface area contributed by atoms with Crippen LogP contribution in [-0.4, -0.2) is 55.1 Å². The Morgan fingerprint density at radius 2 is 2.06 bits per heavy atom. The van der Waals surface area contributed by atoms with E-state index in [-0.39, 0.29) is 0 Å². The molecular weight excluding hydrogens is 214 g/mol. The van der Waals surface area contributed by atoms with Gasteiger partial charge in [-0.3, -0.25) is 0 Å². The van der Waals surface area contributed by atoms with Crippen molar-refractivity contribution < 1.29 is 0 Å². The lowest BCUT2D eigenvalue weighted by Gasteiger charge is -2.35. The molecule has 1 aromatic rings. The van der Waals surface area contributed by atoms with E-state index >= 15 is 0 Å². The molecule has 0 saturated carbocycles. The van der Waals surface area contributed by atoms with E-state index in [0.29, 0.717) is 6.04 Å². The fraction of sp³-hybridized carbons (Fsp3) is 0.667. The highest BCUT2D eigenvalue weighted by atomic mass is 15.2. The Kier molecular flexibility index (Phi) is 3.78. The first-order valence-corrected chi connectivity index (χ1v) is 6.12. The average molecular weight is 235 g/mol. The normalized spacial score (nSPS) is 18.1. The molecule has 0 aliphatic carbocycles. The summed E-state index contributed by atoms with van der Waals surface area (Å²) in [6.45, 7) is 2.33. The molecule has 0 radical (unpaired) electrons. The molecule has 1 aliphatic rings. The van der Waals surface area contributed by atoms with Gasteiger partial charge < -0.3 is 15.1 Å². The SMILES string of the molecule is CNc1cc(N(C)C2CCN(C)CC2)ncn1. The van der Waals surface area contributed by atoms with Crippen LogP contribution in [0.3, 0.4) is 0 Å². The Hall–Kier alpha value is -1.36.